The molecule has 4 heteroatoms. The van der Waals surface area contributed by atoms with E-state index in [0.717, 1.165) is 0 Å². The molecule has 0 spiro atoms. The second-order valence-electron chi connectivity index (χ2n) is 3.08. The lowest BCUT2D eigenvalue weighted by Gasteiger charge is -2.14. The average Bonchev–Trinajstić information content (AvgIpc) is 2.20. The molecule has 80 valence electrons. The Bertz CT molecular complexity index is 367. The molecule has 1 unspecified atom stereocenters. The van der Waals surface area contributed by atoms with Gasteiger partial charge in [0.1, 0.15) is 17.6 Å². The van der Waals surface area contributed by atoms with E-state index in [-0.39, 0.29) is 11.3 Å². The van der Waals surface area contributed by atoms with Gasteiger partial charge in [0, 0.05) is 0 Å². The first-order valence-electron chi connectivity index (χ1n) is 4.38. The van der Waals surface area contributed by atoms with Gasteiger partial charge in [-0.3, -0.25) is 0 Å². The molecule has 0 aliphatic carbocycles. The number of phenols is 1. The standard InChI is InChI=1S/C11H12O4/c1-7(11(13)14)8(2)15-10-5-3-9(12)4-6-10/h3-6,8,12H,1H2,2H3,(H,13,14). The molecule has 4 nitrogen and oxygen atoms in total. The molecule has 1 aromatic rings. The minimum absolute atomic E-state index is 0.0110. The third kappa shape index (κ3) is 3.02. The van der Waals surface area contributed by atoms with E-state index in [2.05, 4.69) is 6.58 Å². The Balaban J connectivity index is 2.66. The first-order valence-corrected chi connectivity index (χ1v) is 4.38. The van der Waals surface area contributed by atoms with Crippen LogP contribution in [0.3, 0.4) is 0 Å². The molecule has 1 aromatic carbocycles. The van der Waals surface area contributed by atoms with E-state index in [4.69, 9.17) is 14.9 Å². The van der Waals surface area contributed by atoms with Crippen LogP contribution in [0, 0.1) is 0 Å². The molecule has 0 bridgehead atoms. The van der Waals surface area contributed by atoms with Crippen LogP contribution in [0.25, 0.3) is 0 Å². The Morgan fingerprint density at radius 1 is 1.40 bits per heavy atom. The fourth-order valence-electron chi connectivity index (χ4n) is 0.974. The summed E-state index contributed by atoms with van der Waals surface area (Å²) >= 11 is 0. The van der Waals surface area contributed by atoms with Crippen molar-refractivity contribution in [3.8, 4) is 11.5 Å². The van der Waals surface area contributed by atoms with Crippen LogP contribution in [0.5, 0.6) is 11.5 Å². The van der Waals surface area contributed by atoms with Crippen molar-refractivity contribution < 1.29 is 19.7 Å². The maximum atomic E-state index is 10.6. The molecular weight excluding hydrogens is 196 g/mol. The summed E-state index contributed by atoms with van der Waals surface area (Å²) in [6, 6.07) is 6.04. The smallest absolute Gasteiger partial charge is 0.334 e. The molecule has 1 rings (SSSR count). The third-order valence-electron chi connectivity index (χ3n) is 1.92. The van der Waals surface area contributed by atoms with Crippen LogP contribution < -0.4 is 4.74 Å². The minimum Gasteiger partial charge on any atom is -0.508 e. The van der Waals surface area contributed by atoms with Crippen LogP contribution >= 0.6 is 0 Å². The summed E-state index contributed by atoms with van der Waals surface area (Å²) in [5.74, 6) is -0.462. The van der Waals surface area contributed by atoms with Crippen LogP contribution in [0.2, 0.25) is 0 Å². The number of hydrogen-bond donors (Lipinski definition) is 2. The third-order valence-corrected chi connectivity index (χ3v) is 1.92. The Labute approximate surface area is 87.4 Å². The molecule has 2 N–H and O–H groups in total. The van der Waals surface area contributed by atoms with E-state index in [1.54, 1.807) is 19.1 Å². The van der Waals surface area contributed by atoms with Gasteiger partial charge in [-0.25, -0.2) is 4.79 Å². The SMILES string of the molecule is C=C(C(=O)O)C(C)Oc1ccc(O)cc1. The average molecular weight is 208 g/mol. The van der Waals surface area contributed by atoms with E-state index >= 15 is 0 Å². The summed E-state index contributed by atoms with van der Waals surface area (Å²) in [7, 11) is 0. The molecule has 1 atom stereocenters. The first kappa shape index (κ1) is 11.1. The second kappa shape index (κ2) is 4.50. The highest BCUT2D eigenvalue weighted by atomic mass is 16.5. The summed E-state index contributed by atoms with van der Waals surface area (Å²) in [5.41, 5.74) is -0.0110. The molecule has 0 amide bonds. The predicted molar refractivity (Wildman–Crippen MR) is 55.0 cm³/mol. The van der Waals surface area contributed by atoms with E-state index in [1.165, 1.54) is 12.1 Å². The fraction of sp³-hybridized carbons (Fsp3) is 0.182. The minimum atomic E-state index is -1.08. The first-order chi connectivity index (χ1) is 7.00. The van der Waals surface area contributed by atoms with Crippen molar-refractivity contribution in [1.82, 2.24) is 0 Å². The molecular formula is C11H12O4. The van der Waals surface area contributed by atoms with Gasteiger partial charge in [0.25, 0.3) is 0 Å². The molecule has 0 aliphatic rings. The number of aliphatic carboxylic acids is 1. The zero-order valence-electron chi connectivity index (χ0n) is 8.30. The molecule has 0 saturated heterocycles. The highest BCUT2D eigenvalue weighted by molar-refractivity contribution is 5.86. The number of carboxylic acid groups (broad SMARTS) is 1. The topological polar surface area (TPSA) is 66.8 Å². The van der Waals surface area contributed by atoms with Gasteiger partial charge < -0.3 is 14.9 Å². The molecule has 0 saturated carbocycles. The van der Waals surface area contributed by atoms with E-state index in [0.29, 0.717) is 5.75 Å². The zero-order valence-corrected chi connectivity index (χ0v) is 8.30. The molecule has 0 radical (unpaired) electrons. The number of phenolic OH excluding ortho intramolecular Hbond substituents is 1. The lowest BCUT2D eigenvalue weighted by molar-refractivity contribution is -0.133. The van der Waals surface area contributed by atoms with Crippen molar-refractivity contribution in [2.24, 2.45) is 0 Å². The lowest BCUT2D eigenvalue weighted by atomic mass is 10.2. The molecule has 15 heavy (non-hydrogen) atoms. The van der Waals surface area contributed by atoms with Gasteiger partial charge in [0.2, 0.25) is 0 Å². The van der Waals surface area contributed by atoms with Crippen molar-refractivity contribution in [2.45, 2.75) is 13.0 Å². The summed E-state index contributed by atoms with van der Waals surface area (Å²) in [6.07, 6.45) is -0.605. The van der Waals surface area contributed by atoms with Crippen molar-refractivity contribution in [3.63, 3.8) is 0 Å². The van der Waals surface area contributed by atoms with Crippen molar-refractivity contribution in [3.05, 3.63) is 36.4 Å². The van der Waals surface area contributed by atoms with Gasteiger partial charge in [-0.1, -0.05) is 6.58 Å². The molecule has 0 aromatic heterocycles. The number of benzene rings is 1. The fourth-order valence-corrected chi connectivity index (χ4v) is 0.974. The van der Waals surface area contributed by atoms with Crippen molar-refractivity contribution in [2.75, 3.05) is 0 Å². The van der Waals surface area contributed by atoms with Crippen molar-refractivity contribution in [1.29, 1.82) is 0 Å². The van der Waals surface area contributed by atoms with E-state index in [9.17, 15) is 4.79 Å². The summed E-state index contributed by atoms with van der Waals surface area (Å²) in [4.78, 5) is 10.6. The van der Waals surface area contributed by atoms with Crippen LogP contribution in [-0.2, 0) is 4.79 Å². The van der Waals surface area contributed by atoms with Crippen LogP contribution in [-0.4, -0.2) is 22.3 Å². The summed E-state index contributed by atoms with van der Waals surface area (Å²) in [5, 5.41) is 17.7. The number of carbonyl (C=O) groups is 1. The Hall–Kier alpha value is -1.97. The van der Waals surface area contributed by atoms with E-state index < -0.39 is 12.1 Å². The van der Waals surface area contributed by atoms with Crippen molar-refractivity contribution >= 4 is 5.97 Å². The Morgan fingerprint density at radius 3 is 2.40 bits per heavy atom. The number of carboxylic acids is 1. The largest absolute Gasteiger partial charge is 0.508 e. The van der Waals surface area contributed by atoms with E-state index in [1.807, 2.05) is 0 Å². The quantitative estimate of drug-likeness (QED) is 0.740. The monoisotopic (exact) mass is 208 g/mol. The number of hydrogen-bond acceptors (Lipinski definition) is 3. The van der Waals surface area contributed by atoms with Gasteiger partial charge in [0.15, 0.2) is 0 Å². The van der Waals surface area contributed by atoms with Gasteiger partial charge >= 0.3 is 5.97 Å². The van der Waals surface area contributed by atoms with Crippen LogP contribution in [0.15, 0.2) is 36.4 Å². The maximum absolute atomic E-state index is 10.6. The Morgan fingerprint density at radius 2 is 1.93 bits per heavy atom. The van der Waals surface area contributed by atoms with Gasteiger partial charge in [-0.05, 0) is 31.2 Å². The second-order valence-corrected chi connectivity index (χ2v) is 3.08. The summed E-state index contributed by atoms with van der Waals surface area (Å²) < 4.78 is 5.30. The lowest BCUT2D eigenvalue weighted by Crippen LogP contribution is -2.19. The predicted octanol–water partition coefficient (Wildman–Crippen LogP) is 1.80. The maximum Gasteiger partial charge on any atom is 0.334 e. The van der Waals surface area contributed by atoms with Crippen LogP contribution in [0.1, 0.15) is 6.92 Å². The zero-order chi connectivity index (χ0) is 11.4. The van der Waals surface area contributed by atoms with Crippen LogP contribution in [0.4, 0.5) is 0 Å². The Kier molecular flexibility index (Phi) is 3.33. The normalized spacial score (nSPS) is 11.8. The van der Waals surface area contributed by atoms with Gasteiger partial charge in [-0.2, -0.15) is 0 Å². The van der Waals surface area contributed by atoms with Gasteiger partial charge in [-0.15, -0.1) is 0 Å². The number of ether oxygens (including phenoxy) is 1. The molecule has 0 heterocycles. The molecule has 0 aliphatic heterocycles. The summed E-state index contributed by atoms with van der Waals surface area (Å²) in [6.45, 7) is 4.99. The highest BCUT2D eigenvalue weighted by Crippen LogP contribution is 2.18. The number of aromatic hydroxyl groups is 1. The van der Waals surface area contributed by atoms with Gasteiger partial charge in [0.05, 0.1) is 5.57 Å². The molecule has 0 fully saturated rings. The highest BCUT2D eigenvalue weighted by Gasteiger charge is 2.14. The number of rotatable bonds is 4.